The first-order chi connectivity index (χ1) is 24.5. The van der Waals surface area contributed by atoms with E-state index in [1.165, 1.54) is 22.3 Å². The maximum absolute atomic E-state index is 5.23. The molecule has 0 aliphatic heterocycles. The van der Waals surface area contributed by atoms with E-state index in [1.54, 1.807) is 0 Å². The number of benzene rings is 5. The minimum atomic E-state index is 0.402. The second kappa shape index (κ2) is 14.1. The molecule has 7 aromatic rings. The molecule has 0 saturated heterocycles. The lowest BCUT2D eigenvalue weighted by molar-refractivity contribution is 0.829. The molecule has 7 rings (SSSR count). The number of fused-ring (bicyclic) bond motifs is 1. The lowest BCUT2D eigenvalue weighted by Crippen LogP contribution is -2.03. The van der Waals surface area contributed by atoms with E-state index in [0.29, 0.717) is 41.1 Å². The third kappa shape index (κ3) is 6.98. The second-order valence-electron chi connectivity index (χ2n) is 14.9. The fourth-order valence-corrected chi connectivity index (χ4v) is 6.53. The summed E-state index contributed by atoms with van der Waals surface area (Å²) in [6.07, 6.45) is 0. The molecular weight excluding hydrogens is 623 g/mol. The molecule has 0 atom stereocenters. The summed E-state index contributed by atoms with van der Waals surface area (Å²) in [7, 11) is 0. The van der Waals surface area contributed by atoms with Crippen molar-refractivity contribution in [3.63, 3.8) is 0 Å². The van der Waals surface area contributed by atoms with Crippen LogP contribution in [0.1, 0.15) is 101 Å². The molecule has 0 N–H and O–H groups in total. The van der Waals surface area contributed by atoms with Gasteiger partial charge in [0, 0.05) is 27.9 Å². The Morgan fingerprint density at radius 1 is 0.392 bits per heavy atom. The smallest absolute Gasteiger partial charge is 0.164 e. The van der Waals surface area contributed by atoms with Crippen LogP contribution >= 0.6 is 0 Å². The number of rotatable bonds is 9. The Morgan fingerprint density at radius 3 is 1.37 bits per heavy atom. The van der Waals surface area contributed by atoms with Gasteiger partial charge in [0.05, 0.1) is 11.0 Å². The summed E-state index contributed by atoms with van der Waals surface area (Å²) in [6.45, 7) is 17.9. The molecule has 0 unspecified atom stereocenters. The van der Waals surface area contributed by atoms with Gasteiger partial charge in [-0.1, -0.05) is 140 Å². The summed E-state index contributed by atoms with van der Waals surface area (Å²) in [5, 5.41) is 0. The van der Waals surface area contributed by atoms with Gasteiger partial charge in [-0.05, 0) is 76.3 Å². The van der Waals surface area contributed by atoms with Gasteiger partial charge >= 0.3 is 0 Å². The van der Waals surface area contributed by atoms with Crippen LogP contribution in [-0.4, -0.2) is 24.5 Å². The molecule has 2 aromatic heterocycles. The van der Waals surface area contributed by atoms with Gasteiger partial charge in [-0.3, -0.25) is 4.57 Å². The average molecular weight is 670 g/mol. The normalized spacial score (nSPS) is 11.8. The molecule has 0 amide bonds. The molecule has 0 bridgehead atoms. The summed E-state index contributed by atoms with van der Waals surface area (Å²) >= 11 is 0. The maximum Gasteiger partial charge on any atom is 0.164 e. The Balaban J connectivity index is 1.39. The van der Waals surface area contributed by atoms with Gasteiger partial charge in [-0.25, -0.2) is 19.9 Å². The van der Waals surface area contributed by atoms with E-state index in [-0.39, 0.29) is 0 Å². The first-order valence-corrected chi connectivity index (χ1v) is 18.3. The predicted octanol–water partition coefficient (Wildman–Crippen LogP) is 12.4. The number of para-hydroxylation sites is 2. The van der Waals surface area contributed by atoms with E-state index in [2.05, 4.69) is 175 Å². The van der Waals surface area contributed by atoms with Gasteiger partial charge in [0.25, 0.3) is 0 Å². The van der Waals surface area contributed by atoms with Crippen molar-refractivity contribution in [1.29, 1.82) is 0 Å². The fourth-order valence-electron chi connectivity index (χ4n) is 6.53. The third-order valence-corrected chi connectivity index (χ3v) is 9.80. The van der Waals surface area contributed by atoms with Crippen LogP contribution in [0, 0.1) is 0 Å². The summed E-state index contributed by atoms with van der Waals surface area (Å²) < 4.78 is 2.31. The number of aromatic nitrogens is 5. The summed E-state index contributed by atoms with van der Waals surface area (Å²) in [5.41, 5.74) is 12.2. The van der Waals surface area contributed by atoms with Gasteiger partial charge in [0.1, 0.15) is 5.82 Å². The molecule has 5 aromatic carbocycles. The summed E-state index contributed by atoms with van der Waals surface area (Å²) in [6, 6.07) is 41.0. The van der Waals surface area contributed by atoms with Crippen LogP contribution in [0.2, 0.25) is 0 Å². The van der Waals surface area contributed by atoms with E-state index >= 15 is 0 Å². The third-order valence-electron chi connectivity index (χ3n) is 9.80. The Morgan fingerprint density at radius 2 is 0.863 bits per heavy atom. The molecule has 0 aliphatic rings. The monoisotopic (exact) mass is 669 g/mol. The van der Waals surface area contributed by atoms with Crippen LogP contribution in [0.15, 0.2) is 115 Å². The van der Waals surface area contributed by atoms with Crippen molar-refractivity contribution < 1.29 is 0 Å². The largest absolute Gasteiger partial charge is 0.292 e. The Bertz CT molecular complexity index is 2210. The van der Waals surface area contributed by atoms with Crippen LogP contribution in [0.3, 0.4) is 0 Å². The van der Waals surface area contributed by atoms with Crippen molar-refractivity contribution in [2.24, 2.45) is 0 Å². The van der Waals surface area contributed by atoms with Crippen molar-refractivity contribution in [2.75, 3.05) is 0 Å². The molecule has 5 nitrogen and oxygen atoms in total. The van der Waals surface area contributed by atoms with Crippen molar-refractivity contribution in [3.8, 4) is 51.2 Å². The predicted molar refractivity (Wildman–Crippen MR) is 213 cm³/mol. The van der Waals surface area contributed by atoms with E-state index < -0.39 is 0 Å². The first-order valence-electron chi connectivity index (χ1n) is 18.3. The lowest BCUT2D eigenvalue weighted by atomic mass is 9.94. The molecular formula is C46H47N5. The van der Waals surface area contributed by atoms with Crippen molar-refractivity contribution in [2.45, 2.75) is 79.1 Å². The zero-order chi connectivity index (χ0) is 35.8. The number of hydrogen-bond acceptors (Lipinski definition) is 4. The van der Waals surface area contributed by atoms with Gasteiger partial charge in [0.15, 0.2) is 17.5 Å². The quantitative estimate of drug-likeness (QED) is 0.153. The second-order valence-corrected chi connectivity index (χ2v) is 14.9. The zero-order valence-electron chi connectivity index (χ0n) is 31.0. The topological polar surface area (TPSA) is 56.5 Å². The van der Waals surface area contributed by atoms with Crippen molar-refractivity contribution in [1.82, 2.24) is 24.5 Å². The fraction of sp³-hybridized carbons (Fsp3) is 0.261. The van der Waals surface area contributed by atoms with Crippen molar-refractivity contribution in [3.05, 3.63) is 138 Å². The zero-order valence-corrected chi connectivity index (χ0v) is 31.0. The van der Waals surface area contributed by atoms with Crippen molar-refractivity contribution >= 4 is 11.0 Å². The molecule has 0 spiro atoms. The highest BCUT2D eigenvalue weighted by molar-refractivity contribution is 5.84. The minimum Gasteiger partial charge on any atom is -0.292 e. The molecule has 5 heteroatoms. The summed E-state index contributed by atoms with van der Waals surface area (Å²) in [4.78, 5) is 20.4. The maximum atomic E-state index is 5.23. The van der Waals surface area contributed by atoms with Crippen LogP contribution in [0.5, 0.6) is 0 Å². The van der Waals surface area contributed by atoms with Gasteiger partial charge in [0.2, 0.25) is 0 Å². The summed E-state index contributed by atoms with van der Waals surface area (Å²) in [5.74, 6) is 4.52. The Hall–Kier alpha value is -5.42. The molecule has 256 valence electrons. The first kappa shape index (κ1) is 34.0. The lowest BCUT2D eigenvalue weighted by Gasteiger charge is -2.17. The van der Waals surface area contributed by atoms with Crippen LogP contribution in [0.25, 0.3) is 62.3 Å². The average Bonchev–Trinajstić information content (AvgIpc) is 3.54. The number of nitrogens with zero attached hydrogens (tertiary/aromatic N) is 5. The molecule has 51 heavy (non-hydrogen) atoms. The van der Waals surface area contributed by atoms with Gasteiger partial charge in [-0.2, -0.15) is 0 Å². The van der Waals surface area contributed by atoms with E-state index in [9.17, 15) is 0 Å². The highest BCUT2D eigenvalue weighted by Crippen LogP contribution is 2.34. The van der Waals surface area contributed by atoms with Crippen LogP contribution in [0.4, 0.5) is 0 Å². The van der Waals surface area contributed by atoms with Crippen LogP contribution in [-0.2, 0) is 0 Å². The number of imidazole rings is 1. The SMILES string of the molecule is CC(C)c1ccc(-c2nc(-c3ccc(C(C)C)cc3)nc(-c3cccc(-c4nc5ccccc5n4-c4cc(C(C)C)cc(C(C)C)c4)c3)n2)cc1. The molecule has 0 fully saturated rings. The highest BCUT2D eigenvalue weighted by Gasteiger charge is 2.19. The number of hydrogen-bond donors (Lipinski definition) is 0. The van der Waals surface area contributed by atoms with E-state index in [1.807, 2.05) is 0 Å². The molecule has 2 heterocycles. The Kier molecular flexibility index (Phi) is 9.39. The van der Waals surface area contributed by atoms with Gasteiger partial charge in [-0.15, -0.1) is 0 Å². The molecule has 0 aliphatic carbocycles. The van der Waals surface area contributed by atoms with E-state index in [4.69, 9.17) is 19.9 Å². The van der Waals surface area contributed by atoms with E-state index in [0.717, 1.165) is 44.8 Å². The van der Waals surface area contributed by atoms with Crippen LogP contribution < -0.4 is 0 Å². The standard InChI is InChI=1S/C46H47N5/c1-28(2)32-16-20-34(21-17-32)43-48-44(35-22-18-33(19-23-35)29(3)4)50-45(49-43)36-12-11-13-37(24-36)46-47-41-14-9-10-15-42(41)51(46)40-26-38(30(5)6)25-39(27-40)31(7)8/h9-31H,1-8H3. The molecule has 0 saturated carbocycles. The van der Waals surface area contributed by atoms with Gasteiger partial charge < -0.3 is 0 Å². The molecule has 0 radical (unpaired) electrons. The minimum absolute atomic E-state index is 0.402. The highest BCUT2D eigenvalue weighted by atomic mass is 15.1. The Labute approximate surface area is 302 Å².